The summed E-state index contributed by atoms with van der Waals surface area (Å²) in [5, 5.41) is 14.6. The Labute approximate surface area is 161 Å². The predicted molar refractivity (Wildman–Crippen MR) is 106 cm³/mol. The average Bonchev–Trinajstić information content (AvgIpc) is 3.18. The molecule has 0 aliphatic rings. The number of para-hydroxylation sites is 1. The molecule has 8 nitrogen and oxygen atoms in total. The van der Waals surface area contributed by atoms with E-state index in [1.807, 2.05) is 34.9 Å². The number of nitrogens with zero attached hydrogens (tertiary/aromatic N) is 4. The third kappa shape index (κ3) is 7.76. The highest BCUT2D eigenvalue weighted by molar-refractivity contribution is 5.79. The number of aliphatic imine (C=N–C) groups is 1. The molecule has 0 unspecified atom stereocenters. The van der Waals surface area contributed by atoms with E-state index in [0.29, 0.717) is 38.9 Å². The second kappa shape index (κ2) is 12.8. The lowest BCUT2D eigenvalue weighted by molar-refractivity contribution is 0.0487. The normalized spacial score (nSPS) is 11.6. The Hall–Kier alpha value is -2.45. The smallest absolute Gasteiger partial charge is 0.191 e. The van der Waals surface area contributed by atoms with E-state index in [-0.39, 0.29) is 0 Å². The summed E-state index contributed by atoms with van der Waals surface area (Å²) in [5.74, 6) is 1.50. The van der Waals surface area contributed by atoms with E-state index in [4.69, 9.17) is 9.47 Å². The van der Waals surface area contributed by atoms with Crippen molar-refractivity contribution in [3.8, 4) is 5.69 Å². The second-order valence-electron chi connectivity index (χ2n) is 5.88. The molecular formula is C19H30N6O2. The summed E-state index contributed by atoms with van der Waals surface area (Å²) >= 11 is 0. The average molecular weight is 374 g/mol. The number of rotatable bonds is 12. The fourth-order valence-corrected chi connectivity index (χ4v) is 2.38. The maximum absolute atomic E-state index is 5.54. The van der Waals surface area contributed by atoms with Gasteiger partial charge in [-0.05, 0) is 18.6 Å². The molecular weight excluding hydrogens is 344 g/mol. The SMILES string of the molecule is CCCCOCCOCCNC(=NC)NCc1nncn1-c1ccccc1. The lowest BCUT2D eigenvalue weighted by Crippen LogP contribution is -2.39. The van der Waals surface area contributed by atoms with Crippen LogP contribution in [-0.4, -0.2) is 60.7 Å². The Morgan fingerprint density at radius 2 is 1.85 bits per heavy atom. The Balaban J connectivity index is 1.65. The number of benzene rings is 1. The molecule has 0 saturated heterocycles. The molecule has 8 heteroatoms. The molecule has 0 aliphatic carbocycles. The fraction of sp³-hybridized carbons (Fsp3) is 0.526. The molecule has 1 aromatic heterocycles. The first-order chi connectivity index (χ1) is 13.3. The van der Waals surface area contributed by atoms with E-state index in [0.717, 1.165) is 31.0 Å². The topological polar surface area (TPSA) is 85.6 Å². The highest BCUT2D eigenvalue weighted by atomic mass is 16.5. The number of nitrogens with one attached hydrogen (secondary N) is 2. The van der Waals surface area contributed by atoms with Gasteiger partial charge in [0.25, 0.3) is 0 Å². The largest absolute Gasteiger partial charge is 0.379 e. The van der Waals surface area contributed by atoms with Crippen LogP contribution in [0.5, 0.6) is 0 Å². The van der Waals surface area contributed by atoms with Crippen molar-refractivity contribution >= 4 is 5.96 Å². The van der Waals surface area contributed by atoms with Gasteiger partial charge in [-0.2, -0.15) is 0 Å². The number of hydrogen-bond acceptors (Lipinski definition) is 5. The minimum atomic E-state index is 0.515. The molecule has 148 valence electrons. The number of ether oxygens (including phenoxy) is 2. The summed E-state index contributed by atoms with van der Waals surface area (Å²) in [6.45, 7) is 5.98. The van der Waals surface area contributed by atoms with Crippen molar-refractivity contribution in [2.24, 2.45) is 4.99 Å². The van der Waals surface area contributed by atoms with E-state index in [1.54, 1.807) is 13.4 Å². The first kappa shape index (κ1) is 20.9. The van der Waals surface area contributed by atoms with Gasteiger partial charge in [0, 0.05) is 25.9 Å². The highest BCUT2D eigenvalue weighted by Crippen LogP contribution is 2.08. The molecule has 2 rings (SSSR count). The predicted octanol–water partition coefficient (Wildman–Crippen LogP) is 1.77. The van der Waals surface area contributed by atoms with Gasteiger partial charge in [0.05, 0.1) is 26.4 Å². The summed E-state index contributed by atoms with van der Waals surface area (Å²) < 4.78 is 12.9. The monoisotopic (exact) mass is 374 g/mol. The van der Waals surface area contributed by atoms with Gasteiger partial charge in [-0.3, -0.25) is 9.56 Å². The van der Waals surface area contributed by atoms with Gasteiger partial charge in [0.15, 0.2) is 11.8 Å². The molecule has 0 atom stereocenters. The maximum atomic E-state index is 5.54. The van der Waals surface area contributed by atoms with Crippen molar-refractivity contribution in [1.29, 1.82) is 0 Å². The zero-order valence-electron chi connectivity index (χ0n) is 16.2. The van der Waals surface area contributed by atoms with E-state index >= 15 is 0 Å². The van der Waals surface area contributed by atoms with Gasteiger partial charge in [-0.15, -0.1) is 10.2 Å². The van der Waals surface area contributed by atoms with Crippen LogP contribution in [0, 0.1) is 0 Å². The Morgan fingerprint density at radius 1 is 1.07 bits per heavy atom. The van der Waals surface area contributed by atoms with Gasteiger partial charge in [-0.1, -0.05) is 31.5 Å². The third-order valence-electron chi connectivity index (χ3n) is 3.84. The number of unbranched alkanes of at least 4 members (excludes halogenated alkanes) is 1. The third-order valence-corrected chi connectivity index (χ3v) is 3.84. The van der Waals surface area contributed by atoms with Crippen LogP contribution in [0.2, 0.25) is 0 Å². The molecule has 1 aromatic carbocycles. The zero-order valence-corrected chi connectivity index (χ0v) is 16.2. The molecule has 0 saturated carbocycles. The Morgan fingerprint density at radius 3 is 2.59 bits per heavy atom. The summed E-state index contributed by atoms with van der Waals surface area (Å²) in [6, 6.07) is 9.99. The van der Waals surface area contributed by atoms with Gasteiger partial charge in [0.1, 0.15) is 6.33 Å². The molecule has 1 heterocycles. The van der Waals surface area contributed by atoms with Crippen LogP contribution in [-0.2, 0) is 16.0 Å². The van der Waals surface area contributed by atoms with Crippen LogP contribution < -0.4 is 10.6 Å². The number of aromatic nitrogens is 3. The first-order valence-corrected chi connectivity index (χ1v) is 9.39. The van der Waals surface area contributed by atoms with Gasteiger partial charge in [0.2, 0.25) is 0 Å². The van der Waals surface area contributed by atoms with Crippen LogP contribution >= 0.6 is 0 Å². The van der Waals surface area contributed by atoms with E-state index in [2.05, 4.69) is 32.7 Å². The van der Waals surface area contributed by atoms with E-state index < -0.39 is 0 Å². The van der Waals surface area contributed by atoms with E-state index in [1.165, 1.54) is 0 Å². The minimum absolute atomic E-state index is 0.515. The van der Waals surface area contributed by atoms with Gasteiger partial charge >= 0.3 is 0 Å². The molecule has 0 spiro atoms. The van der Waals surface area contributed by atoms with Crippen molar-refractivity contribution in [3.63, 3.8) is 0 Å². The highest BCUT2D eigenvalue weighted by Gasteiger charge is 2.07. The molecule has 0 amide bonds. The number of guanidine groups is 1. The van der Waals surface area contributed by atoms with Crippen molar-refractivity contribution in [2.75, 3.05) is 40.0 Å². The molecule has 0 bridgehead atoms. The second-order valence-corrected chi connectivity index (χ2v) is 5.88. The molecule has 2 N–H and O–H groups in total. The molecule has 27 heavy (non-hydrogen) atoms. The maximum Gasteiger partial charge on any atom is 0.191 e. The van der Waals surface area contributed by atoms with Crippen molar-refractivity contribution in [2.45, 2.75) is 26.3 Å². The number of hydrogen-bond donors (Lipinski definition) is 2. The zero-order chi connectivity index (χ0) is 19.2. The lowest BCUT2D eigenvalue weighted by Gasteiger charge is -2.12. The molecule has 2 aromatic rings. The van der Waals surface area contributed by atoms with Crippen LogP contribution in [0.25, 0.3) is 5.69 Å². The van der Waals surface area contributed by atoms with Crippen molar-refractivity contribution in [3.05, 3.63) is 42.5 Å². The lowest BCUT2D eigenvalue weighted by atomic mass is 10.3. The minimum Gasteiger partial charge on any atom is -0.379 e. The Bertz CT molecular complexity index is 659. The van der Waals surface area contributed by atoms with Gasteiger partial charge < -0.3 is 20.1 Å². The van der Waals surface area contributed by atoms with Crippen molar-refractivity contribution in [1.82, 2.24) is 25.4 Å². The Kier molecular flexibility index (Phi) is 9.91. The fourth-order valence-electron chi connectivity index (χ4n) is 2.38. The summed E-state index contributed by atoms with van der Waals surface area (Å²) in [4.78, 5) is 4.21. The standard InChI is InChI=1S/C19H30N6O2/c1-3-4-11-26-13-14-27-12-10-21-19(20-2)22-15-18-24-23-16-25(18)17-8-6-5-7-9-17/h5-9,16H,3-4,10-15H2,1-2H3,(H2,20,21,22). The molecule has 0 aliphatic heterocycles. The summed E-state index contributed by atoms with van der Waals surface area (Å²) in [6.07, 6.45) is 3.96. The quantitative estimate of drug-likeness (QED) is 0.335. The van der Waals surface area contributed by atoms with Crippen molar-refractivity contribution < 1.29 is 9.47 Å². The summed E-state index contributed by atoms with van der Waals surface area (Å²) in [5.41, 5.74) is 1.02. The van der Waals surface area contributed by atoms with E-state index in [9.17, 15) is 0 Å². The summed E-state index contributed by atoms with van der Waals surface area (Å²) in [7, 11) is 1.74. The van der Waals surface area contributed by atoms with Crippen LogP contribution in [0.1, 0.15) is 25.6 Å². The van der Waals surface area contributed by atoms with Crippen LogP contribution in [0.4, 0.5) is 0 Å². The van der Waals surface area contributed by atoms with Gasteiger partial charge in [-0.25, -0.2) is 0 Å². The van der Waals surface area contributed by atoms with Crippen LogP contribution in [0.3, 0.4) is 0 Å². The van der Waals surface area contributed by atoms with Crippen LogP contribution in [0.15, 0.2) is 41.7 Å². The first-order valence-electron chi connectivity index (χ1n) is 9.39. The molecule has 0 radical (unpaired) electrons. The molecule has 0 fully saturated rings.